The van der Waals surface area contributed by atoms with Gasteiger partial charge in [0.1, 0.15) is 5.75 Å². The quantitative estimate of drug-likeness (QED) is 0.880. The van der Waals surface area contributed by atoms with Crippen molar-refractivity contribution in [2.24, 2.45) is 17.8 Å². The van der Waals surface area contributed by atoms with E-state index in [0.29, 0.717) is 5.92 Å². The molecule has 2 saturated carbocycles. The van der Waals surface area contributed by atoms with Crippen LogP contribution in [0.4, 0.5) is 0 Å². The average molecular weight is 246 g/mol. The van der Waals surface area contributed by atoms with Crippen LogP contribution < -0.4 is 4.74 Å². The molecule has 0 spiro atoms. The highest BCUT2D eigenvalue weighted by Crippen LogP contribution is 2.57. The lowest BCUT2D eigenvalue weighted by atomic mass is 9.91. The second-order valence-corrected chi connectivity index (χ2v) is 6.17. The van der Waals surface area contributed by atoms with Crippen molar-refractivity contribution in [3.8, 4) is 5.75 Å². The zero-order valence-electron chi connectivity index (χ0n) is 11.2. The molecule has 0 amide bonds. The molecule has 2 aliphatic carbocycles. The van der Waals surface area contributed by atoms with Crippen LogP contribution in [0.3, 0.4) is 0 Å². The van der Waals surface area contributed by atoms with E-state index in [9.17, 15) is 5.11 Å². The number of ether oxygens (including phenoxy) is 1. The predicted molar refractivity (Wildman–Crippen MR) is 71.5 cm³/mol. The number of aliphatic hydroxyl groups excluding tert-OH is 1. The number of fused-ring (bicyclic) bond motifs is 1. The molecule has 18 heavy (non-hydrogen) atoms. The zero-order chi connectivity index (χ0) is 12.7. The van der Waals surface area contributed by atoms with E-state index in [1.807, 2.05) is 38.1 Å². The smallest absolute Gasteiger partial charge is 0.120 e. The Kier molecular flexibility index (Phi) is 3.06. The zero-order valence-corrected chi connectivity index (χ0v) is 11.2. The van der Waals surface area contributed by atoms with Crippen LogP contribution in [0.2, 0.25) is 0 Å². The monoisotopic (exact) mass is 246 g/mol. The molecule has 3 atom stereocenters. The summed E-state index contributed by atoms with van der Waals surface area (Å²) in [5, 5.41) is 10.5. The first-order valence-electron chi connectivity index (χ1n) is 7.08. The number of rotatable bonds is 4. The topological polar surface area (TPSA) is 29.5 Å². The summed E-state index contributed by atoms with van der Waals surface area (Å²) in [5.74, 6) is 3.16. The molecular formula is C16H22O2. The predicted octanol–water partition coefficient (Wildman–Crippen LogP) is 3.55. The Morgan fingerprint density at radius 3 is 2.56 bits per heavy atom. The lowest BCUT2D eigenvalue weighted by molar-refractivity contribution is 0.104. The third-order valence-electron chi connectivity index (χ3n) is 4.30. The standard InChI is InChI=1S/C16H22O2/c1-10(2)18-15-5-3-4-11(9-15)16(17)14-7-12-6-13(12)8-14/h3-5,9-10,12-14,16-17H,6-8H2,1-2H3. The third kappa shape index (κ3) is 2.39. The van der Waals surface area contributed by atoms with Crippen LogP contribution in [-0.4, -0.2) is 11.2 Å². The molecule has 0 aromatic heterocycles. The van der Waals surface area contributed by atoms with Crippen molar-refractivity contribution in [1.29, 1.82) is 0 Å². The molecule has 2 aliphatic rings. The summed E-state index contributed by atoms with van der Waals surface area (Å²) in [5.41, 5.74) is 1.01. The van der Waals surface area contributed by atoms with E-state index in [1.165, 1.54) is 19.3 Å². The van der Waals surface area contributed by atoms with Gasteiger partial charge in [-0.25, -0.2) is 0 Å². The van der Waals surface area contributed by atoms with E-state index in [1.54, 1.807) is 0 Å². The SMILES string of the molecule is CC(C)Oc1cccc(C(O)C2CC3CC3C2)c1. The molecule has 2 heteroatoms. The van der Waals surface area contributed by atoms with Gasteiger partial charge in [0.2, 0.25) is 0 Å². The van der Waals surface area contributed by atoms with Crippen molar-refractivity contribution in [1.82, 2.24) is 0 Å². The highest BCUT2D eigenvalue weighted by molar-refractivity contribution is 5.30. The summed E-state index contributed by atoms with van der Waals surface area (Å²) in [6, 6.07) is 7.95. The van der Waals surface area contributed by atoms with E-state index in [4.69, 9.17) is 4.74 Å². The minimum absolute atomic E-state index is 0.177. The Morgan fingerprint density at radius 1 is 1.17 bits per heavy atom. The molecule has 3 rings (SSSR count). The van der Waals surface area contributed by atoms with Crippen LogP contribution in [-0.2, 0) is 0 Å². The summed E-state index contributed by atoms with van der Waals surface area (Å²) < 4.78 is 5.69. The fourth-order valence-corrected chi connectivity index (χ4v) is 3.34. The van der Waals surface area contributed by atoms with Gasteiger partial charge in [0.25, 0.3) is 0 Å². The van der Waals surface area contributed by atoms with E-state index in [-0.39, 0.29) is 12.2 Å². The van der Waals surface area contributed by atoms with E-state index in [0.717, 1.165) is 23.1 Å². The molecule has 1 N–H and O–H groups in total. The van der Waals surface area contributed by atoms with E-state index in [2.05, 4.69) is 0 Å². The molecule has 0 aliphatic heterocycles. The molecule has 1 aromatic rings. The van der Waals surface area contributed by atoms with Crippen LogP contribution >= 0.6 is 0 Å². The summed E-state index contributed by atoms with van der Waals surface area (Å²) in [4.78, 5) is 0. The van der Waals surface area contributed by atoms with Crippen molar-refractivity contribution in [3.63, 3.8) is 0 Å². The van der Waals surface area contributed by atoms with Gasteiger partial charge >= 0.3 is 0 Å². The van der Waals surface area contributed by atoms with Gasteiger partial charge < -0.3 is 9.84 Å². The fourth-order valence-electron chi connectivity index (χ4n) is 3.34. The van der Waals surface area contributed by atoms with E-state index >= 15 is 0 Å². The second-order valence-electron chi connectivity index (χ2n) is 6.17. The van der Waals surface area contributed by atoms with Crippen LogP contribution in [0.5, 0.6) is 5.75 Å². The van der Waals surface area contributed by atoms with Crippen molar-refractivity contribution in [3.05, 3.63) is 29.8 Å². The number of benzene rings is 1. The third-order valence-corrected chi connectivity index (χ3v) is 4.30. The summed E-state index contributed by atoms with van der Waals surface area (Å²) in [6.45, 7) is 4.04. The lowest BCUT2D eigenvalue weighted by Crippen LogP contribution is -2.11. The molecule has 0 heterocycles. The van der Waals surface area contributed by atoms with Crippen molar-refractivity contribution >= 4 is 0 Å². The van der Waals surface area contributed by atoms with E-state index < -0.39 is 0 Å². The minimum atomic E-state index is -0.312. The Hall–Kier alpha value is -1.02. The van der Waals surface area contributed by atoms with Gasteiger partial charge in [-0.2, -0.15) is 0 Å². The first-order valence-corrected chi connectivity index (χ1v) is 7.08. The van der Waals surface area contributed by atoms with Gasteiger partial charge in [-0.05, 0) is 68.6 Å². The lowest BCUT2D eigenvalue weighted by Gasteiger charge is -2.20. The Morgan fingerprint density at radius 2 is 1.89 bits per heavy atom. The second kappa shape index (κ2) is 4.58. The van der Waals surface area contributed by atoms with Gasteiger partial charge in [0.05, 0.1) is 12.2 Å². The largest absolute Gasteiger partial charge is 0.491 e. The Balaban J connectivity index is 1.70. The van der Waals surface area contributed by atoms with Gasteiger partial charge in [0.15, 0.2) is 0 Å². The van der Waals surface area contributed by atoms with Gasteiger partial charge in [0, 0.05) is 0 Å². The maximum atomic E-state index is 10.5. The van der Waals surface area contributed by atoms with Crippen LogP contribution in [0.15, 0.2) is 24.3 Å². The van der Waals surface area contributed by atoms with Crippen LogP contribution in [0.1, 0.15) is 44.8 Å². The Labute approximate surface area is 109 Å². The number of aliphatic hydroxyl groups is 1. The van der Waals surface area contributed by atoms with Gasteiger partial charge in [-0.1, -0.05) is 12.1 Å². The molecule has 0 radical (unpaired) electrons. The first-order chi connectivity index (χ1) is 8.63. The number of hydrogen-bond donors (Lipinski definition) is 1. The van der Waals surface area contributed by atoms with Crippen LogP contribution in [0.25, 0.3) is 0 Å². The molecule has 3 unspecified atom stereocenters. The molecule has 1 aromatic carbocycles. The maximum absolute atomic E-state index is 10.5. The number of hydrogen-bond acceptors (Lipinski definition) is 2. The van der Waals surface area contributed by atoms with Crippen LogP contribution in [0, 0.1) is 17.8 Å². The highest BCUT2D eigenvalue weighted by atomic mass is 16.5. The maximum Gasteiger partial charge on any atom is 0.120 e. The summed E-state index contributed by atoms with van der Waals surface area (Å²) in [6.07, 6.45) is 3.69. The van der Waals surface area contributed by atoms with Crippen molar-refractivity contribution in [2.45, 2.75) is 45.3 Å². The average Bonchev–Trinajstić information content (AvgIpc) is 2.95. The Bertz CT molecular complexity index is 417. The molecule has 2 fully saturated rings. The van der Waals surface area contributed by atoms with Gasteiger partial charge in [-0.3, -0.25) is 0 Å². The summed E-state index contributed by atoms with van der Waals surface area (Å²) in [7, 11) is 0. The highest BCUT2D eigenvalue weighted by Gasteiger charge is 2.47. The van der Waals surface area contributed by atoms with Crippen molar-refractivity contribution in [2.75, 3.05) is 0 Å². The molecule has 0 bridgehead atoms. The summed E-state index contributed by atoms with van der Waals surface area (Å²) >= 11 is 0. The molecule has 0 saturated heterocycles. The molecular weight excluding hydrogens is 224 g/mol. The van der Waals surface area contributed by atoms with Gasteiger partial charge in [-0.15, -0.1) is 0 Å². The normalized spacial score (nSPS) is 31.2. The minimum Gasteiger partial charge on any atom is -0.491 e. The van der Waals surface area contributed by atoms with Crippen molar-refractivity contribution < 1.29 is 9.84 Å². The first kappa shape index (κ1) is 12.0. The molecule has 98 valence electrons. The molecule has 2 nitrogen and oxygen atoms in total. The fraction of sp³-hybridized carbons (Fsp3) is 0.625.